The fourth-order valence-electron chi connectivity index (χ4n) is 7.67. The Balaban J connectivity index is 1.23. The van der Waals surface area contributed by atoms with E-state index in [1.807, 2.05) is 0 Å². The zero-order valence-electron chi connectivity index (χ0n) is 30.5. The number of nitrogens with zero attached hydrogens (tertiary/aromatic N) is 1. The second kappa shape index (κ2) is 15.4. The van der Waals surface area contributed by atoms with E-state index in [9.17, 15) is 0 Å². The first-order valence-electron chi connectivity index (χ1n) is 18.9. The van der Waals surface area contributed by atoms with Crippen LogP contribution in [0, 0.1) is 0 Å². The number of anilines is 3. The molecule has 9 aromatic rings. The number of hydrogen-bond acceptors (Lipinski definition) is 1. The summed E-state index contributed by atoms with van der Waals surface area (Å²) in [6.07, 6.45) is 0. The first kappa shape index (κ1) is 33.6. The van der Waals surface area contributed by atoms with Gasteiger partial charge in [0.1, 0.15) is 0 Å². The number of rotatable bonds is 9. The second-order valence-electron chi connectivity index (χ2n) is 13.7. The van der Waals surface area contributed by atoms with Gasteiger partial charge in [-0.2, -0.15) is 0 Å². The second-order valence-corrected chi connectivity index (χ2v) is 13.7. The highest BCUT2D eigenvalue weighted by Gasteiger charge is 2.22. The molecule has 55 heavy (non-hydrogen) atoms. The van der Waals surface area contributed by atoms with Crippen LogP contribution in [0.3, 0.4) is 0 Å². The highest BCUT2D eigenvalue weighted by Crippen LogP contribution is 2.47. The van der Waals surface area contributed by atoms with Gasteiger partial charge in [-0.05, 0) is 79.9 Å². The predicted octanol–water partition coefficient (Wildman–Crippen LogP) is 15.2. The molecule has 0 saturated carbocycles. The van der Waals surface area contributed by atoms with Crippen molar-refractivity contribution in [1.82, 2.24) is 0 Å². The van der Waals surface area contributed by atoms with E-state index in [0.29, 0.717) is 0 Å². The normalized spacial score (nSPS) is 10.9. The van der Waals surface area contributed by atoms with Crippen LogP contribution in [0.4, 0.5) is 17.1 Å². The Morgan fingerprint density at radius 3 is 1.05 bits per heavy atom. The molecular weight excluding hydrogens is 663 g/mol. The van der Waals surface area contributed by atoms with Crippen LogP contribution in [-0.4, -0.2) is 0 Å². The van der Waals surface area contributed by atoms with Crippen molar-refractivity contribution in [3.63, 3.8) is 0 Å². The third kappa shape index (κ3) is 6.88. The Hall–Kier alpha value is -7.22. The summed E-state index contributed by atoms with van der Waals surface area (Å²) in [4.78, 5) is 2.44. The smallest absolute Gasteiger partial charge is 0.0546 e. The summed E-state index contributed by atoms with van der Waals surface area (Å²) >= 11 is 0. The van der Waals surface area contributed by atoms with Crippen LogP contribution in [0.2, 0.25) is 0 Å². The molecule has 9 aromatic carbocycles. The van der Waals surface area contributed by atoms with Crippen molar-refractivity contribution >= 4 is 17.1 Å². The summed E-state index contributed by atoms with van der Waals surface area (Å²) in [6.45, 7) is 0. The third-order valence-corrected chi connectivity index (χ3v) is 10.3. The molecule has 0 aliphatic carbocycles. The maximum absolute atomic E-state index is 2.44. The summed E-state index contributed by atoms with van der Waals surface area (Å²) in [5.74, 6) is 0. The van der Waals surface area contributed by atoms with E-state index >= 15 is 0 Å². The van der Waals surface area contributed by atoms with Gasteiger partial charge in [0.25, 0.3) is 0 Å². The largest absolute Gasteiger partial charge is 0.309 e. The van der Waals surface area contributed by atoms with Crippen LogP contribution < -0.4 is 4.90 Å². The topological polar surface area (TPSA) is 3.24 Å². The first-order chi connectivity index (χ1) is 27.3. The average molecular weight is 702 g/mol. The van der Waals surface area contributed by atoms with Crippen molar-refractivity contribution < 1.29 is 0 Å². The minimum Gasteiger partial charge on any atom is -0.309 e. The summed E-state index contributed by atoms with van der Waals surface area (Å²) in [6, 6.07) is 85.0. The number of hydrogen-bond donors (Lipinski definition) is 0. The van der Waals surface area contributed by atoms with Crippen molar-refractivity contribution in [2.75, 3.05) is 4.90 Å². The standard InChI is InChI=1S/C54H39N/c1-5-19-40(20-6-1)45-35-38-50(43-25-11-4-12-26-43)54(39-45)55(53-32-18-17-29-49(53)42-23-9-3-10-24-42)46-36-33-44(34-37-46)48-28-14-16-31-52(48)51-30-15-13-27-47(51)41-21-7-2-8-22-41/h1-39H. The fraction of sp³-hybridized carbons (Fsp3) is 0. The van der Waals surface area contributed by atoms with E-state index in [4.69, 9.17) is 0 Å². The Bertz CT molecular complexity index is 2670. The van der Waals surface area contributed by atoms with Crippen LogP contribution in [-0.2, 0) is 0 Å². The van der Waals surface area contributed by atoms with Gasteiger partial charge in [-0.1, -0.05) is 212 Å². The summed E-state index contributed by atoms with van der Waals surface area (Å²) < 4.78 is 0. The van der Waals surface area contributed by atoms with E-state index in [-0.39, 0.29) is 0 Å². The molecule has 0 saturated heterocycles. The van der Waals surface area contributed by atoms with Crippen LogP contribution in [0.1, 0.15) is 0 Å². The van der Waals surface area contributed by atoms with Crippen molar-refractivity contribution in [2.24, 2.45) is 0 Å². The van der Waals surface area contributed by atoms with E-state index in [2.05, 4.69) is 241 Å². The predicted molar refractivity (Wildman–Crippen MR) is 234 cm³/mol. The molecule has 260 valence electrons. The zero-order valence-corrected chi connectivity index (χ0v) is 30.5. The van der Waals surface area contributed by atoms with Crippen molar-refractivity contribution in [3.8, 4) is 66.8 Å². The minimum absolute atomic E-state index is 1.08. The summed E-state index contributed by atoms with van der Waals surface area (Å²) in [5, 5.41) is 0. The van der Waals surface area contributed by atoms with E-state index in [1.165, 1.54) is 61.2 Å². The van der Waals surface area contributed by atoms with Crippen LogP contribution in [0.15, 0.2) is 237 Å². The molecule has 1 nitrogen and oxygen atoms in total. The third-order valence-electron chi connectivity index (χ3n) is 10.3. The molecule has 0 aliphatic rings. The van der Waals surface area contributed by atoms with Gasteiger partial charge in [0.2, 0.25) is 0 Å². The molecule has 0 heterocycles. The highest BCUT2D eigenvalue weighted by molar-refractivity contribution is 5.96. The van der Waals surface area contributed by atoms with E-state index in [0.717, 1.165) is 22.6 Å². The molecule has 0 radical (unpaired) electrons. The maximum Gasteiger partial charge on any atom is 0.0546 e. The van der Waals surface area contributed by atoms with Gasteiger partial charge in [0, 0.05) is 16.8 Å². The molecule has 0 bridgehead atoms. The van der Waals surface area contributed by atoms with Gasteiger partial charge >= 0.3 is 0 Å². The van der Waals surface area contributed by atoms with Crippen molar-refractivity contribution in [2.45, 2.75) is 0 Å². The number of para-hydroxylation sites is 1. The Morgan fingerprint density at radius 1 is 0.200 bits per heavy atom. The first-order valence-corrected chi connectivity index (χ1v) is 18.9. The van der Waals surface area contributed by atoms with Gasteiger partial charge in [-0.15, -0.1) is 0 Å². The zero-order chi connectivity index (χ0) is 36.8. The summed E-state index contributed by atoms with van der Waals surface area (Å²) in [5.41, 5.74) is 17.6. The number of benzene rings is 9. The van der Waals surface area contributed by atoms with Gasteiger partial charge < -0.3 is 4.90 Å². The van der Waals surface area contributed by atoms with Crippen LogP contribution >= 0.6 is 0 Å². The average Bonchev–Trinajstić information content (AvgIpc) is 3.28. The Labute approximate surface area is 324 Å². The van der Waals surface area contributed by atoms with Gasteiger partial charge in [-0.25, -0.2) is 0 Å². The monoisotopic (exact) mass is 701 g/mol. The van der Waals surface area contributed by atoms with Crippen LogP contribution in [0.25, 0.3) is 66.8 Å². The highest BCUT2D eigenvalue weighted by atomic mass is 15.1. The molecule has 0 N–H and O–H groups in total. The van der Waals surface area contributed by atoms with Gasteiger partial charge in [0.05, 0.1) is 11.4 Å². The molecule has 1 heteroatoms. The maximum atomic E-state index is 2.44. The van der Waals surface area contributed by atoms with Crippen molar-refractivity contribution in [1.29, 1.82) is 0 Å². The molecule has 0 fully saturated rings. The summed E-state index contributed by atoms with van der Waals surface area (Å²) in [7, 11) is 0. The lowest BCUT2D eigenvalue weighted by Crippen LogP contribution is -2.12. The molecule has 0 aromatic heterocycles. The lowest BCUT2D eigenvalue weighted by atomic mass is 9.89. The van der Waals surface area contributed by atoms with E-state index < -0.39 is 0 Å². The lowest BCUT2D eigenvalue weighted by Gasteiger charge is -2.30. The molecular formula is C54H39N. The molecule has 9 rings (SSSR count). The molecule has 0 amide bonds. The van der Waals surface area contributed by atoms with Crippen molar-refractivity contribution in [3.05, 3.63) is 237 Å². The molecule has 0 aliphatic heterocycles. The Morgan fingerprint density at radius 2 is 0.545 bits per heavy atom. The van der Waals surface area contributed by atoms with E-state index in [1.54, 1.807) is 0 Å². The lowest BCUT2D eigenvalue weighted by molar-refractivity contribution is 1.28. The Kier molecular flexibility index (Phi) is 9.41. The fourth-order valence-corrected chi connectivity index (χ4v) is 7.67. The minimum atomic E-state index is 1.08. The molecule has 0 spiro atoms. The van der Waals surface area contributed by atoms with Crippen LogP contribution in [0.5, 0.6) is 0 Å². The molecule has 0 atom stereocenters. The van der Waals surface area contributed by atoms with Gasteiger partial charge in [0.15, 0.2) is 0 Å². The SMILES string of the molecule is c1ccc(-c2ccc(-c3ccccc3)c(N(c3ccc(-c4ccccc4-c4ccccc4-c4ccccc4)cc3)c3ccccc3-c3ccccc3)c2)cc1. The molecule has 0 unspecified atom stereocenters. The van der Waals surface area contributed by atoms with Gasteiger partial charge in [-0.3, -0.25) is 0 Å². The quantitative estimate of drug-likeness (QED) is 0.145.